The summed E-state index contributed by atoms with van der Waals surface area (Å²) in [6, 6.07) is 11.8. The average Bonchev–Trinajstić information content (AvgIpc) is 3.23. The molecule has 0 aliphatic heterocycles. The molecular weight excluding hydrogens is 400 g/mol. The number of carbonyl (C=O) groups excluding carboxylic acids is 1. The molecule has 0 saturated heterocycles. The first-order valence-electron chi connectivity index (χ1n) is 11.7. The number of aromatic nitrogens is 2. The fraction of sp³-hybridized carbons (Fsp3) is 0.462. The van der Waals surface area contributed by atoms with Gasteiger partial charge in [0.05, 0.1) is 29.5 Å². The zero-order valence-corrected chi connectivity index (χ0v) is 20.4. The molecule has 3 rings (SSSR count). The molecule has 174 valence electrons. The van der Waals surface area contributed by atoms with Gasteiger partial charge in [0, 0.05) is 25.1 Å². The maximum atomic E-state index is 12.2. The Morgan fingerprint density at radius 1 is 1.00 bits per heavy atom. The fourth-order valence-electron chi connectivity index (χ4n) is 3.30. The SMILES string of the molecule is CCCC.CCCC(=O)Nc1cc2[nH]c(-c3ccc(OC)cc3)nc2cc1N(CC)CC. The molecular formula is C26H38N4O2. The van der Waals surface area contributed by atoms with Crippen LogP contribution in [0.3, 0.4) is 0 Å². The van der Waals surface area contributed by atoms with E-state index in [-0.39, 0.29) is 5.91 Å². The summed E-state index contributed by atoms with van der Waals surface area (Å²) in [6.07, 6.45) is 3.97. The topological polar surface area (TPSA) is 70.2 Å². The van der Waals surface area contributed by atoms with Crippen LogP contribution in [0.25, 0.3) is 22.4 Å². The van der Waals surface area contributed by atoms with Crippen LogP contribution in [0.1, 0.15) is 60.3 Å². The summed E-state index contributed by atoms with van der Waals surface area (Å²) in [5.74, 6) is 1.63. The van der Waals surface area contributed by atoms with Crippen LogP contribution >= 0.6 is 0 Å². The van der Waals surface area contributed by atoms with Crippen molar-refractivity contribution in [3.05, 3.63) is 36.4 Å². The number of nitrogens with one attached hydrogen (secondary N) is 2. The Morgan fingerprint density at radius 3 is 2.19 bits per heavy atom. The van der Waals surface area contributed by atoms with E-state index >= 15 is 0 Å². The number of rotatable bonds is 9. The lowest BCUT2D eigenvalue weighted by Crippen LogP contribution is -2.24. The summed E-state index contributed by atoms with van der Waals surface area (Å²) in [5, 5.41) is 3.07. The number of amides is 1. The number of nitrogens with zero attached hydrogens (tertiary/aromatic N) is 2. The minimum Gasteiger partial charge on any atom is -0.497 e. The number of ether oxygens (including phenoxy) is 1. The van der Waals surface area contributed by atoms with Crippen molar-refractivity contribution in [1.82, 2.24) is 9.97 Å². The predicted octanol–water partition coefficient (Wildman–Crippen LogP) is 6.63. The number of aromatic amines is 1. The highest BCUT2D eigenvalue weighted by molar-refractivity contribution is 5.98. The van der Waals surface area contributed by atoms with Crippen LogP contribution in [0.4, 0.5) is 11.4 Å². The maximum Gasteiger partial charge on any atom is 0.224 e. The smallest absolute Gasteiger partial charge is 0.224 e. The van der Waals surface area contributed by atoms with Crippen molar-refractivity contribution < 1.29 is 9.53 Å². The Balaban J connectivity index is 0.000000837. The molecule has 2 N–H and O–H groups in total. The molecule has 1 amide bonds. The Labute approximate surface area is 192 Å². The number of benzene rings is 2. The highest BCUT2D eigenvalue weighted by Gasteiger charge is 2.15. The van der Waals surface area contributed by atoms with Crippen LogP contribution in [-0.4, -0.2) is 36.1 Å². The van der Waals surface area contributed by atoms with Crippen LogP contribution in [0.2, 0.25) is 0 Å². The average molecular weight is 439 g/mol. The van der Waals surface area contributed by atoms with E-state index in [1.54, 1.807) is 7.11 Å². The van der Waals surface area contributed by atoms with Crippen molar-refractivity contribution in [2.24, 2.45) is 0 Å². The summed E-state index contributed by atoms with van der Waals surface area (Å²) in [7, 11) is 1.65. The lowest BCUT2D eigenvalue weighted by atomic mass is 10.2. The summed E-state index contributed by atoms with van der Waals surface area (Å²) in [4.78, 5) is 22.6. The minimum absolute atomic E-state index is 0.0325. The van der Waals surface area contributed by atoms with Crippen molar-refractivity contribution >= 4 is 28.3 Å². The highest BCUT2D eigenvalue weighted by Crippen LogP contribution is 2.32. The summed E-state index contributed by atoms with van der Waals surface area (Å²) >= 11 is 0. The van der Waals surface area contributed by atoms with E-state index in [1.165, 1.54) is 12.8 Å². The van der Waals surface area contributed by atoms with E-state index in [2.05, 4.69) is 42.9 Å². The molecule has 0 unspecified atom stereocenters. The number of unbranched alkanes of at least 4 members (excludes halogenated alkanes) is 1. The van der Waals surface area contributed by atoms with Crippen LogP contribution in [0, 0.1) is 0 Å². The zero-order valence-electron chi connectivity index (χ0n) is 20.4. The second-order valence-corrected chi connectivity index (χ2v) is 7.67. The van der Waals surface area contributed by atoms with Gasteiger partial charge in [0.1, 0.15) is 11.6 Å². The van der Waals surface area contributed by atoms with E-state index < -0.39 is 0 Å². The molecule has 0 aliphatic carbocycles. The van der Waals surface area contributed by atoms with Crippen molar-refractivity contribution in [3.8, 4) is 17.1 Å². The van der Waals surface area contributed by atoms with Gasteiger partial charge in [-0.2, -0.15) is 0 Å². The molecule has 0 fully saturated rings. The molecule has 6 heteroatoms. The molecule has 32 heavy (non-hydrogen) atoms. The van der Waals surface area contributed by atoms with Crippen LogP contribution in [-0.2, 0) is 4.79 Å². The van der Waals surface area contributed by atoms with Crippen molar-refractivity contribution in [3.63, 3.8) is 0 Å². The molecule has 3 aromatic rings. The van der Waals surface area contributed by atoms with E-state index in [9.17, 15) is 4.79 Å². The Morgan fingerprint density at radius 2 is 1.66 bits per heavy atom. The van der Waals surface area contributed by atoms with Gasteiger partial charge in [0.15, 0.2) is 0 Å². The molecule has 0 aliphatic rings. The normalized spacial score (nSPS) is 10.4. The quantitative estimate of drug-likeness (QED) is 0.393. The number of anilines is 2. The second kappa shape index (κ2) is 12.7. The lowest BCUT2D eigenvalue weighted by Gasteiger charge is -2.24. The molecule has 0 spiro atoms. The third-order valence-corrected chi connectivity index (χ3v) is 5.32. The van der Waals surface area contributed by atoms with Gasteiger partial charge in [0.2, 0.25) is 5.91 Å². The van der Waals surface area contributed by atoms with Gasteiger partial charge in [-0.1, -0.05) is 33.6 Å². The third kappa shape index (κ3) is 6.49. The van der Waals surface area contributed by atoms with Crippen LogP contribution < -0.4 is 15.0 Å². The van der Waals surface area contributed by atoms with Gasteiger partial charge < -0.3 is 19.9 Å². The summed E-state index contributed by atoms with van der Waals surface area (Å²) < 4.78 is 5.23. The van der Waals surface area contributed by atoms with Crippen molar-refractivity contribution in [2.75, 3.05) is 30.4 Å². The van der Waals surface area contributed by atoms with Crippen molar-refractivity contribution in [2.45, 2.75) is 60.3 Å². The molecule has 2 aromatic carbocycles. The highest BCUT2D eigenvalue weighted by atomic mass is 16.5. The first-order chi connectivity index (χ1) is 15.5. The first kappa shape index (κ1) is 25.2. The van der Waals surface area contributed by atoms with Gasteiger partial charge in [-0.15, -0.1) is 0 Å². The van der Waals surface area contributed by atoms with Gasteiger partial charge in [-0.05, 0) is 56.7 Å². The number of hydrogen-bond acceptors (Lipinski definition) is 4. The van der Waals surface area contributed by atoms with E-state index in [0.29, 0.717) is 6.42 Å². The van der Waals surface area contributed by atoms with E-state index in [1.807, 2.05) is 43.3 Å². The van der Waals surface area contributed by atoms with E-state index in [0.717, 1.165) is 59.1 Å². The van der Waals surface area contributed by atoms with Gasteiger partial charge in [-0.3, -0.25) is 4.79 Å². The van der Waals surface area contributed by atoms with Crippen LogP contribution in [0.15, 0.2) is 36.4 Å². The molecule has 0 saturated carbocycles. The number of H-pyrrole nitrogens is 1. The third-order valence-electron chi connectivity index (χ3n) is 5.32. The summed E-state index contributed by atoms with van der Waals surface area (Å²) in [5.41, 5.74) is 4.57. The summed E-state index contributed by atoms with van der Waals surface area (Å²) in [6.45, 7) is 12.3. The standard InChI is InChI=1S/C22H28N4O2.C4H10/c1-5-8-21(27)23-19-13-17-18(14-20(19)26(6-2)7-3)25-22(24-17)15-9-11-16(28-4)12-10-15;1-3-4-2/h9-14H,5-8H2,1-4H3,(H,23,27)(H,24,25);3-4H2,1-2H3. The van der Waals surface area contributed by atoms with Crippen molar-refractivity contribution in [1.29, 1.82) is 0 Å². The zero-order chi connectivity index (χ0) is 23.5. The maximum absolute atomic E-state index is 12.2. The Bertz CT molecular complexity index is 973. The molecule has 6 nitrogen and oxygen atoms in total. The molecule has 1 aromatic heterocycles. The number of methoxy groups -OCH3 is 1. The monoisotopic (exact) mass is 438 g/mol. The number of carbonyl (C=O) groups is 1. The number of imidazole rings is 1. The van der Waals surface area contributed by atoms with E-state index in [4.69, 9.17) is 9.72 Å². The molecule has 0 atom stereocenters. The number of hydrogen-bond donors (Lipinski definition) is 2. The molecule has 0 bridgehead atoms. The predicted molar refractivity (Wildman–Crippen MR) is 136 cm³/mol. The second-order valence-electron chi connectivity index (χ2n) is 7.67. The first-order valence-corrected chi connectivity index (χ1v) is 11.7. The largest absolute Gasteiger partial charge is 0.497 e. The molecule has 0 radical (unpaired) electrons. The number of fused-ring (bicyclic) bond motifs is 1. The molecule has 1 heterocycles. The lowest BCUT2D eigenvalue weighted by molar-refractivity contribution is -0.116. The van der Waals surface area contributed by atoms with Crippen LogP contribution in [0.5, 0.6) is 5.75 Å². The minimum atomic E-state index is 0.0325. The fourth-order valence-corrected chi connectivity index (χ4v) is 3.30. The van der Waals surface area contributed by atoms with Gasteiger partial charge >= 0.3 is 0 Å². The Kier molecular flexibility index (Phi) is 10.1. The van der Waals surface area contributed by atoms with Gasteiger partial charge in [-0.25, -0.2) is 4.98 Å². The Hall–Kier alpha value is -3.02. The van der Waals surface area contributed by atoms with Gasteiger partial charge in [0.25, 0.3) is 0 Å².